The smallest absolute Gasteiger partial charge is 0.247 e. The van der Waals surface area contributed by atoms with E-state index in [9.17, 15) is 4.79 Å². The van der Waals surface area contributed by atoms with Crippen LogP contribution >= 0.6 is 15.9 Å². The second-order valence-electron chi connectivity index (χ2n) is 6.86. The second-order valence-corrected chi connectivity index (χ2v) is 7.78. The highest BCUT2D eigenvalue weighted by Crippen LogP contribution is 2.36. The van der Waals surface area contributed by atoms with Crippen molar-refractivity contribution in [3.63, 3.8) is 0 Å². The SMILES string of the molecule is O=C1NCN(c2ccc(Br)cc2)C12CCN(Cc1ccccc1)CC2. The summed E-state index contributed by atoms with van der Waals surface area (Å²) in [4.78, 5) is 17.4. The molecule has 5 heteroatoms. The Bertz CT molecular complexity index is 739. The summed E-state index contributed by atoms with van der Waals surface area (Å²) in [7, 11) is 0. The minimum Gasteiger partial charge on any atom is -0.339 e. The lowest BCUT2D eigenvalue weighted by Crippen LogP contribution is -2.56. The Morgan fingerprint density at radius 1 is 1.00 bits per heavy atom. The fourth-order valence-corrected chi connectivity index (χ4v) is 4.23. The third-order valence-corrected chi connectivity index (χ3v) is 5.94. The maximum Gasteiger partial charge on any atom is 0.247 e. The number of carbonyl (C=O) groups excluding carboxylic acids is 1. The molecule has 0 unspecified atom stereocenters. The van der Waals surface area contributed by atoms with E-state index >= 15 is 0 Å². The largest absolute Gasteiger partial charge is 0.339 e. The van der Waals surface area contributed by atoms with Crippen LogP contribution in [0.4, 0.5) is 5.69 Å². The molecule has 0 bridgehead atoms. The normalized spacial score (nSPS) is 20.0. The zero-order valence-electron chi connectivity index (χ0n) is 14.1. The van der Waals surface area contributed by atoms with Crippen molar-refractivity contribution in [1.29, 1.82) is 0 Å². The summed E-state index contributed by atoms with van der Waals surface area (Å²) in [5.41, 5.74) is 2.04. The van der Waals surface area contributed by atoms with E-state index in [-0.39, 0.29) is 5.91 Å². The number of rotatable bonds is 3. The molecule has 130 valence electrons. The third-order valence-electron chi connectivity index (χ3n) is 5.41. The van der Waals surface area contributed by atoms with Crippen molar-refractivity contribution in [2.45, 2.75) is 24.9 Å². The average Bonchev–Trinajstić information content (AvgIpc) is 2.95. The van der Waals surface area contributed by atoms with Gasteiger partial charge >= 0.3 is 0 Å². The lowest BCUT2D eigenvalue weighted by atomic mass is 9.85. The Labute approximate surface area is 156 Å². The van der Waals surface area contributed by atoms with Gasteiger partial charge in [-0.15, -0.1) is 0 Å². The van der Waals surface area contributed by atoms with Gasteiger partial charge in [-0.1, -0.05) is 46.3 Å². The number of amides is 1. The molecule has 2 aliphatic heterocycles. The van der Waals surface area contributed by atoms with Gasteiger partial charge in [0.25, 0.3) is 0 Å². The van der Waals surface area contributed by atoms with E-state index in [1.807, 2.05) is 18.2 Å². The number of piperidine rings is 1. The standard InChI is InChI=1S/C20H22BrN3O/c21-17-6-8-18(9-7-17)24-15-22-19(25)20(24)10-12-23(13-11-20)14-16-4-2-1-3-5-16/h1-9H,10-15H2,(H,22,25). The first-order chi connectivity index (χ1) is 12.2. The second kappa shape index (κ2) is 6.81. The molecule has 0 saturated carbocycles. The number of carbonyl (C=O) groups is 1. The fourth-order valence-electron chi connectivity index (χ4n) is 3.97. The molecule has 0 atom stereocenters. The summed E-state index contributed by atoms with van der Waals surface area (Å²) in [6.07, 6.45) is 1.73. The third kappa shape index (κ3) is 3.18. The highest BCUT2D eigenvalue weighted by Gasteiger charge is 2.50. The number of halogens is 1. The Morgan fingerprint density at radius 2 is 1.68 bits per heavy atom. The molecular formula is C20H22BrN3O. The number of nitrogens with one attached hydrogen (secondary N) is 1. The average molecular weight is 400 g/mol. The molecule has 4 nitrogen and oxygen atoms in total. The molecule has 4 rings (SSSR count). The van der Waals surface area contributed by atoms with Crippen molar-refractivity contribution >= 4 is 27.5 Å². The van der Waals surface area contributed by atoms with Crippen molar-refractivity contribution in [2.24, 2.45) is 0 Å². The molecule has 0 aliphatic carbocycles. The summed E-state index contributed by atoms with van der Waals surface area (Å²) in [6, 6.07) is 18.8. The molecule has 0 radical (unpaired) electrons. The van der Waals surface area contributed by atoms with Crippen molar-refractivity contribution in [3.05, 3.63) is 64.6 Å². The van der Waals surface area contributed by atoms with Gasteiger partial charge in [-0.25, -0.2) is 0 Å². The van der Waals surface area contributed by atoms with E-state index in [4.69, 9.17) is 0 Å². The number of benzene rings is 2. The molecule has 0 aromatic heterocycles. The Kier molecular flexibility index (Phi) is 4.52. The Hall–Kier alpha value is -1.85. The minimum absolute atomic E-state index is 0.176. The maximum absolute atomic E-state index is 12.7. The van der Waals surface area contributed by atoms with Crippen LogP contribution in [0.25, 0.3) is 0 Å². The summed E-state index contributed by atoms with van der Waals surface area (Å²) in [6.45, 7) is 3.43. The number of hydrogen-bond acceptors (Lipinski definition) is 3. The lowest BCUT2D eigenvalue weighted by Gasteiger charge is -2.43. The van der Waals surface area contributed by atoms with Gasteiger partial charge in [0.1, 0.15) is 5.54 Å². The van der Waals surface area contributed by atoms with Gasteiger partial charge in [0.15, 0.2) is 0 Å². The molecular weight excluding hydrogens is 378 g/mol. The van der Waals surface area contributed by atoms with Crippen LogP contribution in [0.15, 0.2) is 59.1 Å². The van der Waals surface area contributed by atoms with Crippen LogP contribution in [0, 0.1) is 0 Å². The van der Waals surface area contributed by atoms with Crippen LogP contribution in [0.1, 0.15) is 18.4 Å². The van der Waals surface area contributed by atoms with Crippen molar-refractivity contribution in [2.75, 3.05) is 24.7 Å². The van der Waals surface area contributed by atoms with Gasteiger partial charge in [0.2, 0.25) is 5.91 Å². The van der Waals surface area contributed by atoms with Gasteiger partial charge < -0.3 is 10.2 Å². The number of anilines is 1. The highest BCUT2D eigenvalue weighted by molar-refractivity contribution is 9.10. The van der Waals surface area contributed by atoms with E-state index in [1.54, 1.807) is 0 Å². The molecule has 1 spiro atoms. The number of hydrogen-bond donors (Lipinski definition) is 1. The quantitative estimate of drug-likeness (QED) is 0.858. The van der Waals surface area contributed by atoms with Gasteiger partial charge in [0.05, 0.1) is 6.67 Å². The zero-order valence-corrected chi connectivity index (χ0v) is 15.7. The van der Waals surface area contributed by atoms with E-state index in [0.717, 1.165) is 42.6 Å². The van der Waals surface area contributed by atoms with Crippen molar-refractivity contribution in [3.8, 4) is 0 Å². The summed E-state index contributed by atoms with van der Waals surface area (Å²) >= 11 is 3.49. The van der Waals surface area contributed by atoms with Crippen LogP contribution in [0.3, 0.4) is 0 Å². The molecule has 2 fully saturated rings. The number of nitrogens with zero attached hydrogens (tertiary/aromatic N) is 2. The Morgan fingerprint density at radius 3 is 2.36 bits per heavy atom. The molecule has 1 amide bonds. The molecule has 2 saturated heterocycles. The minimum atomic E-state index is -0.402. The monoisotopic (exact) mass is 399 g/mol. The van der Waals surface area contributed by atoms with Crippen LogP contribution in [-0.2, 0) is 11.3 Å². The lowest BCUT2D eigenvalue weighted by molar-refractivity contribution is -0.125. The number of likely N-dealkylation sites (tertiary alicyclic amines) is 1. The fraction of sp³-hybridized carbons (Fsp3) is 0.350. The first-order valence-electron chi connectivity index (χ1n) is 8.75. The summed E-state index contributed by atoms with van der Waals surface area (Å²) in [5.74, 6) is 0.176. The van der Waals surface area contributed by atoms with Gasteiger partial charge in [-0.3, -0.25) is 9.69 Å². The predicted molar refractivity (Wildman–Crippen MR) is 103 cm³/mol. The van der Waals surface area contributed by atoms with Crippen LogP contribution in [0.2, 0.25) is 0 Å². The molecule has 1 N–H and O–H groups in total. The summed E-state index contributed by atoms with van der Waals surface area (Å²) < 4.78 is 1.06. The summed E-state index contributed by atoms with van der Waals surface area (Å²) in [5, 5.41) is 3.06. The molecule has 2 heterocycles. The predicted octanol–water partition coefficient (Wildman–Crippen LogP) is 3.38. The Balaban J connectivity index is 1.49. The van der Waals surface area contributed by atoms with Gasteiger partial charge in [-0.2, -0.15) is 0 Å². The van der Waals surface area contributed by atoms with E-state index in [0.29, 0.717) is 6.67 Å². The first-order valence-corrected chi connectivity index (χ1v) is 9.54. The van der Waals surface area contributed by atoms with Crippen LogP contribution in [-0.4, -0.2) is 36.1 Å². The molecule has 2 aromatic carbocycles. The zero-order chi connectivity index (χ0) is 17.3. The topological polar surface area (TPSA) is 35.6 Å². The van der Waals surface area contributed by atoms with Crippen LogP contribution in [0.5, 0.6) is 0 Å². The van der Waals surface area contributed by atoms with E-state index < -0.39 is 5.54 Å². The van der Waals surface area contributed by atoms with Crippen molar-refractivity contribution < 1.29 is 4.79 Å². The van der Waals surface area contributed by atoms with Gasteiger partial charge in [0, 0.05) is 29.8 Å². The molecule has 2 aliphatic rings. The maximum atomic E-state index is 12.7. The first kappa shape index (κ1) is 16.6. The van der Waals surface area contributed by atoms with Crippen LogP contribution < -0.4 is 10.2 Å². The van der Waals surface area contributed by atoms with Gasteiger partial charge in [-0.05, 0) is 42.7 Å². The van der Waals surface area contributed by atoms with E-state index in [1.165, 1.54) is 5.56 Å². The molecule has 2 aromatic rings. The molecule has 25 heavy (non-hydrogen) atoms. The highest BCUT2D eigenvalue weighted by atomic mass is 79.9. The van der Waals surface area contributed by atoms with E-state index in [2.05, 4.69) is 67.4 Å². The van der Waals surface area contributed by atoms with Crippen molar-refractivity contribution in [1.82, 2.24) is 10.2 Å².